The maximum absolute atomic E-state index is 12.0. The molecular formula is C21H24N4O5. The lowest BCUT2D eigenvalue weighted by Gasteiger charge is -2.30. The summed E-state index contributed by atoms with van der Waals surface area (Å²) in [5.74, 6) is 1.08. The lowest BCUT2D eigenvalue weighted by molar-refractivity contribution is -0.384. The first-order chi connectivity index (χ1) is 14.4. The molecule has 9 nitrogen and oxygen atoms in total. The van der Waals surface area contributed by atoms with Gasteiger partial charge in [-0.05, 0) is 43.5 Å². The second kappa shape index (κ2) is 9.82. The Morgan fingerprint density at radius 2 is 1.53 bits per heavy atom. The van der Waals surface area contributed by atoms with Gasteiger partial charge in [0.2, 0.25) is 5.91 Å². The number of pyridine rings is 1. The maximum Gasteiger partial charge on any atom is 0.272 e. The second-order valence-electron chi connectivity index (χ2n) is 7.09. The van der Waals surface area contributed by atoms with Gasteiger partial charge in [0.15, 0.2) is 0 Å². The Kier molecular flexibility index (Phi) is 6.95. The van der Waals surface area contributed by atoms with Crippen molar-refractivity contribution >= 4 is 17.5 Å². The minimum Gasteiger partial charge on any atom is -0.456 e. The highest BCUT2D eigenvalue weighted by Crippen LogP contribution is 2.23. The summed E-state index contributed by atoms with van der Waals surface area (Å²) in [6.45, 7) is 5.15. The highest BCUT2D eigenvalue weighted by atomic mass is 16.6. The number of nitrogens with zero attached hydrogens (tertiary/aromatic N) is 4. The molecule has 2 saturated heterocycles. The van der Waals surface area contributed by atoms with E-state index in [9.17, 15) is 19.7 Å². The van der Waals surface area contributed by atoms with Gasteiger partial charge in [-0.15, -0.1) is 0 Å². The largest absolute Gasteiger partial charge is 0.456 e. The molecular weight excluding hydrogens is 388 g/mol. The molecule has 30 heavy (non-hydrogen) atoms. The van der Waals surface area contributed by atoms with Crippen LogP contribution in [0.5, 0.6) is 11.5 Å². The number of likely N-dealkylation sites (tertiary alicyclic amines) is 2. The van der Waals surface area contributed by atoms with E-state index in [0.717, 1.165) is 32.6 Å². The molecule has 0 aliphatic carbocycles. The van der Waals surface area contributed by atoms with Crippen molar-refractivity contribution in [3.8, 4) is 11.5 Å². The highest BCUT2D eigenvalue weighted by molar-refractivity contribution is 5.92. The quantitative estimate of drug-likeness (QED) is 0.564. The van der Waals surface area contributed by atoms with Crippen molar-refractivity contribution < 1.29 is 19.2 Å². The Morgan fingerprint density at radius 1 is 0.933 bits per heavy atom. The molecule has 2 amide bonds. The highest BCUT2D eigenvalue weighted by Gasteiger charge is 2.22. The van der Waals surface area contributed by atoms with E-state index in [-0.39, 0.29) is 17.5 Å². The van der Waals surface area contributed by atoms with E-state index in [1.54, 1.807) is 24.0 Å². The summed E-state index contributed by atoms with van der Waals surface area (Å²) in [7, 11) is 0. The Morgan fingerprint density at radius 3 is 1.97 bits per heavy atom. The second-order valence-corrected chi connectivity index (χ2v) is 7.09. The molecule has 158 valence electrons. The van der Waals surface area contributed by atoms with Gasteiger partial charge >= 0.3 is 0 Å². The summed E-state index contributed by atoms with van der Waals surface area (Å²) in [5, 5.41) is 10.6. The van der Waals surface area contributed by atoms with Gasteiger partial charge in [0.25, 0.3) is 11.6 Å². The van der Waals surface area contributed by atoms with E-state index in [1.165, 1.54) is 43.3 Å². The van der Waals surface area contributed by atoms with Crippen molar-refractivity contribution in [2.24, 2.45) is 0 Å². The van der Waals surface area contributed by atoms with Gasteiger partial charge in [-0.2, -0.15) is 0 Å². The lowest BCUT2D eigenvalue weighted by Crippen LogP contribution is -2.42. The van der Waals surface area contributed by atoms with Crippen LogP contribution in [-0.2, 0) is 4.79 Å². The SMILES string of the molecule is CC(=O)N1CCCC1.O=C(c1ccc(Oc2ccc([N+](=O)[O-])cc2)cn1)N1CCC1. The molecule has 4 rings (SSSR count). The standard InChI is InChI=1S/C15H13N3O4.C6H11NO/c19-15(17-8-1-9-17)14-7-6-13(10-16-14)22-12-4-2-11(3-5-12)18(20)21;1-6(8)7-4-2-3-5-7/h2-7,10H,1,8-9H2;2-5H2,1H3. The number of nitro groups is 1. The molecule has 0 atom stereocenters. The van der Waals surface area contributed by atoms with Gasteiger partial charge in [0.05, 0.1) is 11.1 Å². The normalized spacial score (nSPS) is 15.0. The predicted octanol–water partition coefficient (Wildman–Crippen LogP) is 3.26. The van der Waals surface area contributed by atoms with E-state index in [4.69, 9.17) is 4.74 Å². The molecule has 1 aromatic heterocycles. The van der Waals surface area contributed by atoms with Crippen LogP contribution in [-0.4, -0.2) is 57.7 Å². The van der Waals surface area contributed by atoms with Crippen LogP contribution >= 0.6 is 0 Å². The van der Waals surface area contributed by atoms with Crippen LogP contribution in [0.15, 0.2) is 42.6 Å². The number of hydrogen-bond donors (Lipinski definition) is 0. The monoisotopic (exact) mass is 412 g/mol. The van der Waals surface area contributed by atoms with E-state index >= 15 is 0 Å². The number of aromatic nitrogens is 1. The van der Waals surface area contributed by atoms with Crippen molar-refractivity contribution in [2.45, 2.75) is 26.2 Å². The first kappa shape index (κ1) is 21.2. The lowest BCUT2D eigenvalue weighted by atomic mass is 10.2. The third-order valence-corrected chi connectivity index (χ3v) is 4.93. The molecule has 2 aliphatic rings. The topological polar surface area (TPSA) is 106 Å². The molecule has 2 aliphatic heterocycles. The molecule has 0 saturated carbocycles. The van der Waals surface area contributed by atoms with Crippen molar-refractivity contribution in [2.75, 3.05) is 26.2 Å². The molecule has 0 radical (unpaired) electrons. The van der Waals surface area contributed by atoms with Crippen LogP contribution in [0.4, 0.5) is 5.69 Å². The average molecular weight is 412 g/mol. The first-order valence-electron chi connectivity index (χ1n) is 9.87. The summed E-state index contributed by atoms with van der Waals surface area (Å²) in [5.41, 5.74) is 0.386. The Balaban J connectivity index is 0.000000269. The number of carbonyl (C=O) groups excluding carboxylic acids is 2. The fourth-order valence-corrected chi connectivity index (χ4v) is 3.05. The smallest absolute Gasteiger partial charge is 0.272 e. The Hall–Kier alpha value is -3.49. The molecule has 0 unspecified atom stereocenters. The Labute approximate surface area is 174 Å². The van der Waals surface area contributed by atoms with Crippen LogP contribution in [0, 0.1) is 10.1 Å². The minimum absolute atomic E-state index is 0.000896. The zero-order valence-corrected chi connectivity index (χ0v) is 16.8. The summed E-state index contributed by atoms with van der Waals surface area (Å²) >= 11 is 0. The molecule has 2 aromatic rings. The number of hydrogen-bond acceptors (Lipinski definition) is 6. The van der Waals surface area contributed by atoms with Gasteiger partial charge in [0.1, 0.15) is 17.2 Å². The predicted molar refractivity (Wildman–Crippen MR) is 109 cm³/mol. The summed E-state index contributed by atoms with van der Waals surface area (Å²) in [6.07, 6.45) is 4.89. The number of non-ortho nitro benzene ring substituents is 1. The number of amides is 2. The van der Waals surface area contributed by atoms with Gasteiger partial charge in [-0.3, -0.25) is 19.7 Å². The van der Waals surface area contributed by atoms with Crippen LogP contribution in [0.3, 0.4) is 0 Å². The maximum atomic E-state index is 12.0. The van der Waals surface area contributed by atoms with Crippen molar-refractivity contribution in [3.05, 3.63) is 58.4 Å². The van der Waals surface area contributed by atoms with E-state index in [2.05, 4.69) is 4.98 Å². The molecule has 0 N–H and O–H groups in total. The fraction of sp³-hybridized carbons (Fsp3) is 0.381. The number of benzene rings is 1. The van der Waals surface area contributed by atoms with Crippen LogP contribution < -0.4 is 4.74 Å². The number of nitro benzene ring substituents is 1. The summed E-state index contributed by atoms with van der Waals surface area (Å²) in [4.78, 5) is 40.4. The molecule has 2 fully saturated rings. The first-order valence-corrected chi connectivity index (χ1v) is 9.87. The summed E-state index contributed by atoms with van der Waals surface area (Å²) < 4.78 is 5.54. The third kappa shape index (κ3) is 5.53. The molecule has 9 heteroatoms. The van der Waals surface area contributed by atoms with Crippen LogP contribution in [0.1, 0.15) is 36.7 Å². The molecule has 0 spiro atoms. The van der Waals surface area contributed by atoms with Crippen molar-refractivity contribution in [3.63, 3.8) is 0 Å². The van der Waals surface area contributed by atoms with Gasteiger partial charge < -0.3 is 14.5 Å². The van der Waals surface area contributed by atoms with Crippen LogP contribution in [0.25, 0.3) is 0 Å². The zero-order valence-electron chi connectivity index (χ0n) is 16.8. The fourth-order valence-electron chi connectivity index (χ4n) is 3.05. The van der Waals surface area contributed by atoms with E-state index < -0.39 is 4.92 Å². The third-order valence-electron chi connectivity index (χ3n) is 4.93. The van der Waals surface area contributed by atoms with Crippen molar-refractivity contribution in [1.82, 2.24) is 14.8 Å². The summed E-state index contributed by atoms with van der Waals surface area (Å²) in [6, 6.07) is 9.02. The minimum atomic E-state index is -0.471. The van der Waals surface area contributed by atoms with Gasteiger partial charge in [0, 0.05) is 45.2 Å². The van der Waals surface area contributed by atoms with E-state index in [0.29, 0.717) is 17.2 Å². The zero-order chi connectivity index (χ0) is 21.5. The van der Waals surface area contributed by atoms with Gasteiger partial charge in [-0.1, -0.05) is 0 Å². The Bertz CT molecular complexity index is 889. The molecule has 3 heterocycles. The molecule has 0 bridgehead atoms. The van der Waals surface area contributed by atoms with E-state index in [1.807, 2.05) is 4.90 Å². The van der Waals surface area contributed by atoms with Crippen LogP contribution in [0.2, 0.25) is 0 Å². The van der Waals surface area contributed by atoms with Gasteiger partial charge in [-0.25, -0.2) is 4.98 Å². The van der Waals surface area contributed by atoms with Crippen molar-refractivity contribution in [1.29, 1.82) is 0 Å². The average Bonchev–Trinajstić information content (AvgIpc) is 3.23. The number of ether oxygens (including phenoxy) is 1. The number of carbonyl (C=O) groups is 2. The number of rotatable bonds is 4. The molecule has 1 aromatic carbocycles.